The number of amides is 1. The molecule has 1 aliphatic rings. The summed E-state index contributed by atoms with van der Waals surface area (Å²) in [4.78, 5) is 19.8. The highest BCUT2D eigenvalue weighted by Gasteiger charge is 2.28. The third-order valence-corrected chi connectivity index (χ3v) is 6.26. The molecule has 0 spiro atoms. The Hall–Kier alpha value is -3.61. The maximum absolute atomic E-state index is 14.6. The van der Waals surface area contributed by atoms with Gasteiger partial charge in [0.15, 0.2) is 0 Å². The second-order valence-electron chi connectivity index (χ2n) is 8.73. The van der Waals surface area contributed by atoms with Crippen LogP contribution in [0, 0.1) is 18.6 Å². The van der Waals surface area contributed by atoms with Crippen molar-refractivity contribution in [2.45, 2.75) is 39.7 Å². The SMILES string of the molecule is Cc1nn2c(C(C)C)c(C(=O)N3CCc4cccnc4C3)ccc2c1-c1c(F)cccc1F. The van der Waals surface area contributed by atoms with Gasteiger partial charge in [-0.2, -0.15) is 5.10 Å². The van der Waals surface area contributed by atoms with Crippen LogP contribution in [0.4, 0.5) is 8.78 Å². The molecule has 4 aromatic rings. The van der Waals surface area contributed by atoms with Crippen LogP contribution in [0.1, 0.15) is 52.8 Å². The third-order valence-electron chi connectivity index (χ3n) is 6.26. The van der Waals surface area contributed by atoms with E-state index in [0.29, 0.717) is 35.4 Å². The van der Waals surface area contributed by atoms with E-state index in [1.807, 2.05) is 26.0 Å². The first kappa shape index (κ1) is 21.2. The molecule has 0 aliphatic carbocycles. The average Bonchev–Trinajstić information content (AvgIpc) is 3.13. The van der Waals surface area contributed by atoms with Crippen molar-refractivity contribution in [3.05, 3.63) is 88.5 Å². The number of hydrogen-bond donors (Lipinski definition) is 0. The summed E-state index contributed by atoms with van der Waals surface area (Å²) in [5, 5.41) is 4.62. The molecule has 0 bridgehead atoms. The van der Waals surface area contributed by atoms with Gasteiger partial charge in [-0.1, -0.05) is 26.0 Å². The van der Waals surface area contributed by atoms with Crippen LogP contribution in [0.5, 0.6) is 0 Å². The van der Waals surface area contributed by atoms with Crippen molar-refractivity contribution >= 4 is 11.4 Å². The summed E-state index contributed by atoms with van der Waals surface area (Å²) in [5.74, 6) is -1.42. The molecule has 5 nitrogen and oxygen atoms in total. The zero-order valence-corrected chi connectivity index (χ0v) is 18.8. The number of carbonyl (C=O) groups excluding carboxylic acids is 1. The lowest BCUT2D eigenvalue weighted by Gasteiger charge is -2.29. The van der Waals surface area contributed by atoms with Gasteiger partial charge in [-0.25, -0.2) is 13.3 Å². The fourth-order valence-electron chi connectivity index (χ4n) is 4.73. The highest BCUT2D eigenvalue weighted by Crippen LogP contribution is 2.35. The molecule has 4 heterocycles. The molecule has 1 aromatic carbocycles. The summed E-state index contributed by atoms with van der Waals surface area (Å²) in [6.07, 6.45) is 2.50. The van der Waals surface area contributed by atoms with Gasteiger partial charge in [0.25, 0.3) is 5.91 Å². The van der Waals surface area contributed by atoms with Crippen molar-refractivity contribution in [1.29, 1.82) is 0 Å². The molecule has 0 saturated carbocycles. The normalized spacial score (nSPS) is 13.6. The number of aryl methyl sites for hydroxylation is 1. The molecule has 0 radical (unpaired) electrons. The first-order valence-electron chi connectivity index (χ1n) is 11.1. The Balaban J connectivity index is 1.63. The van der Waals surface area contributed by atoms with Crippen LogP contribution < -0.4 is 0 Å². The van der Waals surface area contributed by atoms with E-state index < -0.39 is 11.6 Å². The standard InChI is InChI=1S/C26H24F2N4O/c1-15(2)25-18(26(33)31-13-11-17-6-5-12-29-21(17)14-31)9-10-22-23(16(3)30-32(22)25)24-19(27)7-4-8-20(24)28/h4-10,12,15H,11,13-14H2,1-3H3. The Kier molecular flexibility index (Phi) is 5.19. The second-order valence-corrected chi connectivity index (χ2v) is 8.73. The number of halogens is 2. The summed E-state index contributed by atoms with van der Waals surface area (Å²) in [6, 6.07) is 11.3. The van der Waals surface area contributed by atoms with E-state index in [4.69, 9.17) is 0 Å². The van der Waals surface area contributed by atoms with Crippen LogP contribution in [-0.2, 0) is 13.0 Å². The molecule has 0 unspecified atom stereocenters. The summed E-state index contributed by atoms with van der Waals surface area (Å²) in [5.41, 5.74) is 4.72. The van der Waals surface area contributed by atoms with E-state index in [-0.39, 0.29) is 17.4 Å². The van der Waals surface area contributed by atoms with E-state index in [0.717, 1.165) is 17.8 Å². The molecule has 5 rings (SSSR count). The van der Waals surface area contributed by atoms with E-state index in [9.17, 15) is 13.6 Å². The van der Waals surface area contributed by atoms with E-state index in [1.54, 1.807) is 34.7 Å². The maximum atomic E-state index is 14.6. The van der Waals surface area contributed by atoms with Gasteiger partial charge in [0.1, 0.15) is 11.6 Å². The van der Waals surface area contributed by atoms with Crippen molar-refractivity contribution < 1.29 is 13.6 Å². The van der Waals surface area contributed by atoms with E-state index in [2.05, 4.69) is 10.1 Å². The molecular weight excluding hydrogens is 422 g/mol. The summed E-state index contributed by atoms with van der Waals surface area (Å²) in [6.45, 7) is 6.76. The third kappa shape index (κ3) is 3.48. The van der Waals surface area contributed by atoms with E-state index in [1.165, 1.54) is 23.8 Å². The predicted octanol–water partition coefficient (Wildman–Crippen LogP) is 5.30. The molecule has 0 N–H and O–H groups in total. The molecule has 1 amide bonds. The Morgan fingerprint density at radius 3 is 2.52 bits per heavy atom. The molecule has 0 atom stereocenters. The van der Waals surface area contributed by atoms with Gasteiger partial charge in [-0.3, -0.25) is 9.78 Å². The minimum absolute atomic E-state index is 0.0412. The lowest BCUT2D eigenvalue weighted by atomic mass is 9.98. The first-order valence-corrected chi connectivity index (χ1v) is 11.1. The number of nitrogens with zero attached hydrogens (tertiary/aromatic N) is 4. The van der Waals surface area contributed by atoms with Gasteiger partial charge >= 0.3 is 0 Å². The number of carbonyl (C=O) groups is 1. The first-order chi connectivity index (χ1) is 15.9. The molecular formula is C26H24F2N4O. The quantitative estimate of drug-likeness (QED) is 0.429. The Bertz CT molecular complexity index is 1370. The van der Waals surface area contributed by atoms with Crippen molar-refractivity contribution in [2.75, 3.05) is 6.54 Å². The van der Waals surface area contributed by atoms with Gasteiger partial charge in [0, 0.05) is 18.3 Å². The number of rotatable bonds is 3. The molecule has 7 heteroatoms. The Morgan fingerprint density at radius 1 is 1.03 bits per heavy atom. The van der Waals surface area contributed by atoms with Crippen molar-refractivity contribution in [3.63, 3.8) is 0 Å². The summed E-state index contributed by atoms with van der Waals surface area (Å²) >= 11 is 0. The van der Waals surface area contributed by atoms with Crippen molar-refractivity contribution in [2.24, 2.45) is 0 Å². The molecule has 33 heavy (non-hydrogen) atoms. The molecule has 3 aromatic heterocycles. The smallest absolute Gasteiger partial charge is 0.256 e. The van der Waals surface area contributed by atoms with Crippen molar-refractivity contribution in [1.82, 2.24) is 19.5 Å². The number of hydrogen-bond acceptors (Lipinski definition) is 3. The fraction of sp³-hybridized carbons (Fsp3) is 0.269. The molecule has 1 aliphatic heterocycles. The van der Waals surface area contributed by atoms with Crippen LogP contribution in [0.25, 0.3) is 16.6 Å². The van der Waals surface area contributed by atoms with Crippen molar-refractivity contribution in [3.8, 4) is 11.1 Å². The van der Waals surface area contributed by atoms with Gasteiger partial charge < -0.3 is 4.90 Å². The molecule has 0 fully saturated rings. The average molecular weight is 447 g/mol. The number of aromatic nitrogens is 3. The largest absolute Gasteiger partial charge is 0.332 e. The fourth-order valence-corrected chi connectivity index (χ4v) is 4.73. The minimum Gasteiger partial charge on any atom is -0.332 e. The minimum atomic E-state index is -0.640. The predicted molar refractivity (Wildman–Crippen MR) is 122 cm³/mol. The van der Waals surface area contributed by atoms with Crippen LogP contribution in [0.3, 0.4) is 0 Å². The Morgan fingerprint density at radius 2 is 1.79 bits per heavy atom. The lowest BCUT2D eigenvalue weighted by Crippen LogP contribution is -2.37. The van der Waals surface area contributed by atoms with Gasteiger partial charge in [0.2, 0.25) is 0 Å². The second kappa shape index (κ2) is 8.06. The monoisotopic (exact) mass is 446 g/mol. The topological polar surface area (TPSA) is 50.5 Å². The van der Waals surface area contributed by atoms with E-state index >= 15 is 0 Å². The van der Waals surface area contributed by atoms with Crippen LogP contribution in [0.15, 0.2) is 48.7 Å². The zero-order chi connectivity index (χ0) is 23.3. The molecule has 0 saturated heterocycles. The zero-order valence-electron chi connectivity index (χ0n) is 18.8. The van der Waals surface area contributed by atoms with Crippen LogP contribution in [0.2, 0.25) is 0 Å². The van der Waals surface area contributed by atoms with Crippen LogP contribution in [-0.4, -0.2) is 31.9 Å². The highest BCUT2D eigenvalue weighted by molar-refractivity contribution is 5.97. The van der Waals surface area contributed by atoms with Crippen LogP contribution >= 0.6 is 0 Å². The highest BCUT2D eigenvalue weighted by atomic mass is 19.1. The lowest BCUT2D eigenvalue weighted by molar-refractivity contribution is 0.0729. The Labute approximate surface area is 190 Å². The number of fused-ring (bicyclic) bond motifs is 2. The van der Waals surface area contributed by atoms with Gasteiger partial charge in [-0.15, -0.1) is 0 Å². The number of pyridine rings is 2. The van der Waals surface area contributed by atoms with Gasteiger partial charge in [-0.05, 0) is 55.2 Å². The molecule has 168 valence electrons. The summed E-state index contributed by atoms with van der Waals surface area (Å²) < 4.78 is 30.9. The van der Waals surface area contributed by atoms with Gasteiger partial charge in [0.05, 0.1) is 40.3 Å². The summed E-state index contributed by atoms with van der Waals surface area (Å²) in [7, 11) is 0. The number of benzene rings is 1. The maximum Gasteiger partial charge on any atom is 0.256 e.